The molecule has 2 aliphatic heterocycles. The van der Waals surface area contributed by atoms with Crippen molar-refractivity contribution in [3.8, 4) is 0 Å². The molecule has 27 heavy (non-hydrogen) atoms. The van der Waals surface area contributed by atoms with Crippen molar-refractivity contribution in [2.24, 2.45) is 0 Å². The summed E-state index contributed by atoms with van der Waals surface area (Å²) in [4.78, 5) is 37.8. The van der Waals surface area contributed by atoms with E-state index in [9.17, 15) is 18.8 Å². The summed E-state index contributed by atoms with van der Waals surface area (Å²) in [7, 11) is 0. The van der Waals surface area contributed by atoms with Gasteiger partial charge in [-0.25, -0.2) is 9.18 Å². The third kappa shape index (κ3) is 3.40. The Balaban J connectivity index is 1.47. The van der Waals surface area contributed by atoms with Crippen LogP contribution in [0.4, 0.5) is 14.9 Å². The molecule has 6 nitrogen and oxygen atoms in total. The smallest absolute Gasteiger partial charge is 0.321 e. The largest absolute Gasteiger partial charge is 0.322 e. The second-order valence-electron chi connectivity index (χ2n) is 6.80. The van der Waals surface area contributed by atoms with Gasteiger partial charge in [-0.15, -0.1) is 0 Å². The van der Waals surface area contributed by atoms with Gasteiger partial charge in [-0.3, -0.25) is 14.9 Å². The van der Waals surface area contributed by atoms with Gasteiger partial charge in [-0.1, -0.05) is 12.1 Å². The minimum Gasteiger partial charge on any atom is -0.321 e. The highest BCUT2D eigenvalue weighted by Crippen LogP contribution is 2.24. The molecule has 1 saturated heterocycles. The minimum atomic E-state index is -0.462. The molecule has 0 radical (unpaired) electrons. The van der Waals surface area contributed by atoms with Gasteiger partial charge in [0.25, 0.3) is 11.8 Å². The number of benzene rings is 2. The number of hydrogen-bond donors (Lipinski definition) is 2. The van der Waals surface area contributed by atoms with Gasteiger partial charge in [0, 0.05) is 18.3 Å². The Kier molecular flexibility index (Phi) is 4.35. The van der Waals surface area contributed by atoms with E-state index < -0.39 is 11.8 Å². The molecule has 0 aromatic heterocycles. The summed E-state index contributed by atoms with van der Waals surface area (Å²) in [5, 5.41) is 5.02. The highest BCUT2D eigenvalue weighted by atomic mass is 19.1. The lowest BCUT2D eigenvalue weighted by Crippen LogP contribution is -2.39. The molecule has 2 aromatic rings. The maximum atomic E-state index is 13.4. The SMILES string of the molecule is O=C1NC(=O)c2cc(NC(=O)N3CCCC3Cc3cccc(F)c3)ccc21. The van der Waals surface area contributed by atoms with Gasteiger partial charge >= 0.3 is 6.03 Å². The highest BCUT2D eigenvalue weighted by Gasteiger charge is 2.30. The Morgan fingerprint density at radius 2 is 1.96 bits per heavy atom. The van der Waals surface area contributed by atoms with Crippen molar-refractivity contribution in [3.63, 3.8) is 0 Å². The summed E-state index contributed by atoms with van der Waals surface area (Å²) >= 11 is 0. The average molecular weight is 367 g/mol. The molecule has 0 bridgehead atoms. The van der Waals surface area contributed by atoms with Crippen LogP contribution < -0.4 is 10.6 Å². The summed E-state index contributed by atoms with van der Waals surface area (Å²) in [5.74, 6) is -1.17. The molecular formula is C20H18FN3O3. The maximum absolute atomic E-state index is 13.4. The van der Waals surface area contributed by atoms with Gasteiger partial charge in [-0.2, -0.15) is 0 Å². The maximum Gasteiger partial charge on any atom is 0.322 e. The first-order valence-corrected chi connectivity index (χ1v) is 8.83. The number of halogens is 1. The van der Waals surface area contributed by atoms with Crippen LogP contribution in [0.5, 0.6) is 0 Å². The molecule has 138 valence electrons. The fourth-order valence-electron chi connectivity index (χ4n) is 3.69. The number of fused-ring (bicyclic) bond motifs is 1. The predicted molar refractivity (Wildman–Crippen MR) is 97.1 cm³/mol. The van der Waals surface area contributed by atoms with Crippen LogP contribution in [0.25, 0.3) is 0 Å². The van der Waals surface area contributed by atoms with Gasteiger partial charge in [0.2, 0.25) is 0 Å². The summed E-state index contributed by atoms with van der Waals surface area (Å²) in [6.07, 6.45) is 2.33. The number of likely N-dealkylation sites (tertiary alicyclic amines) is 1. The van der Waals surface area contributed by atoms with E-state index in [-0.39, 0.29) is 23.5 Å². The molecule has 2 aromatic carbocycles. The van der Waals surface area contributed by atoms with E-state index in [4.69, 9.17) is 0 Å². The zero-order valence-corrected chi connectivity index (χ0v) is 14.5. The summed E-state index contributed by atoms with van der Waals surface area (Å²) in [6, 6.07) is 10.8. The van der Waals surface area contributed by atoms with E-state index in [1.807, 2.05) is 6.07 Å². The van der Waals surface area contributed by atoms with Gasteiger partial charge < -0.3 is 10.2 Å². The van der Waals surface area contributed by atoms with Crippen LogP contribution in [-0.4, -0.2) is 35.3 Å². The topological polar surface area (TPSA) is 78.5 Å². The monoisotopic (exact) mass is 367 g/mol. The minimum absolute atomic E-state index is 0.00824. The van der Waals surface area contributed by atoms with E-state index in [0.29, 0.717) is 24.2 Å². The third-order valence-corrected chi connectivity index (χ3v) is 4.99. The molecule has 1 unspecified atom stereocenters. The molecule has 2 aliphatic rings. The second-order valence-corrected chi connectivity index (χ2v) is 6.80. The molecule has 4 rings (SSSR count). The van der Waals surface area contributed by atoms with Crippen LogP contribution in [0.2, 0.25) is 0 Å². The molecule has 2 N–H and O–H groups in total. The molecule has 1 atom stereocenters. The van der Waals surface area contributed by atoms with Gasteiger partial charge in [0.05, 0.1) is 11.1 Å². The number of hydrogen-bond acceptors (Lipinski definition) is 3. The Morgan fingerprint density at radius 1 is 1.15 bits per heavy atom. The van der Waals surface area contributed by atoms with E-state index in [1.165, 1.54) is 24.3 Å². The Bertz CT molecular complexity index is 944. The van der Waals surface area contributed by atoms with Crippen molar-refractivity contribution < 1.29 is 18.8 Å². The van der Waals surface area contributed by atoms with Crippen molar-refractivity contribution >= 4 is 23.5 Å². The van der Waals surface area contributed by atoms with Crippen LogP contribution in [0, 0.1) is 5.82 Å². The standard InChI is InChI=1S/C20H18FN3O3/c21-13-4-1-3-12(9-13)10-15-5-2-8-24(15)20(27)22-14-6-7-16-17(11-14)19(26)23-18(16)25/h1,3-4,6-7,9,11,15H,2,5,8,10H2,(H,22,27)(H,23,25,26). The van der Waals surface area contributed by atoms with E-state index in [0.717, 1.165) is 18.4 Å². The van der Waals surface area contributed by atoms with Gasteiger partial charge in [0.1, 0.15) is 5.82 Å². The van der Waals surface area contributed by atoms with Crippen LogP contribution in [0.1, 0.15) is 39.1 Å². The molecule has 4 amide bonds. The number of imide groups is 1. The summed E-state index contributed by atoms with van der Waals surface area (Å²) < 4.78 is 13.4. The molecule has 7 heteroatoms. The number of carbonyl (C=O) groups excluding carboxylic acids is 3. The lowest BCUT2D eigenvalue weighted by atomic mass is 10.0. The molecule has 0 spiro atoms. The Morgan fingerprint density at radius 3 is 2.78 bits per heavy atom. The Hall–Kier alpha value is -3.22. The molecule has 0 aliphatic carbocycles. The number of nitrogens with zero attached hydrogens (tertiary/aromatic N) is 1. The van der Waals surface area contributed by atoms with Crippen LogP contribution in [-0.2, 0) is 6.42 Å². The first kappa shape index (κ1) is 17.2. The van der Waals surface area contributed by atoms with Crippen LogP contribution in [0.3, 0.4) is 0 Å². The van der Waals surface area contributed by atoms with Crippen molar-refractivity contribution in [1.82, 2.24) is 10.2 Å². The first-order chi connectivity index (χ1) is 13.0. The zero-order valence-electron chi connectivity index (χ0n) is 14.5. The predicted octanol–water partition coefficient (Wildman–Crippen LogP) is 2.95. The van der Waals surface area contributed by atoms with E-state index in [2.05, 4.69) is 10.6 Å². The number of rotatable bonds is 3. The molecule has 0 saturated carbocycles. The Labute approximate surface area is 155 Å². The first-order valence-electron chi connectivity index (χ1n) is 8.83. The number of carbonyl (C=O) groups is 3. The summed E-state index contributed by atoms with van der Waals surface area (Å²) in [5.41, 5.74) is 1.88. The quantitative estimate of drug-likeness (QED) is 0.819. The van der Waals surface area contributed by atoms with Gasteiger partial charge in [-0.05, 0) is 55.2 Å². The lowest BCUT2D eigenvalue weighted by molar-refractivity contribution is 0.0879. The average Bonchev–Trinajstić information content (AvgIpc) is 3.20. The molecular weight excluding hydrogens is 349 g/mol. The van der Waals surface area contributed by atoms with Crippen molar-refractivity contribution in [1.29, 1.82) is 0 Å². The van der Waals surface area contributed by atoms with Crippen molar-refractivity contribution in [2.45, 2.75) is 25.3 Å². The number of urea groups is 1. The summed E-state index contributed by atoms with van der Waals surface area (Å²) in [6.45, 7) is 0.621. The number of anilines is 1. The third-order valence-electron chi connectivity index (χ3n) is 4.99. The lowest BCUT2D eigenvalue weighted by Gasteiger charge is -2.25. The van der Waals surface area contributed by atoms with Crippen molar-refractivity contribution in [2.75, 3.05) is 11.9 Å². The fourth-order valence-corrected chi connectivity index (χ4v) is 3.69. The van der Waals surface area contributed by atoms with Crippen LogP contribution >= 0.6 is 0 Å². The van der Waals surface area contributed by atoms with Crippen molar-refractivity contribution in [3.05, 3.63) is 65.0 Å². The molecule has 2 heterocycles. The fraction of sp³-hybridized carbons (Fsp3) is 0.250. The van der Waals surface area contributed by atoms with E-state index >= 15 is 0 Å². The second kappa shape index (κ2) is 6.83. The van der Waals surface area contributed by atoms with E-state index in [1.54, 1.807) is 17.0 Å². The normalized spacial score (nSPS) is 18.4. The van der Waals surface area contributed by atoms with Gasteiger partial charge in [0.15, 0.2) is 0 Å². The highest BCUT2D eigenvalue weighted by molar-refractivity contribution is 6.22. The van der Waals surface area contributed by atoms with Crippen LogP contribution in [0.15, 0.2) is 42.5 Å². The zero-order chi connectivity index (χ0) is 19.0. The molecule has 1 fully saturated rings. The number of nitrogens with one attached hydrogen (secondary N) is 2. The number of amides is 4.